The Morgan fingerprint density at radius 3 is 2.30 bits per heavy atom. The van der Waals surface area contributed by atoms with Crippen LogP contribution in [0, 0.1) is 0 Å². The van der Waals surface area contributed by atoms with Gasteiger partial charge in [-0.25, -0.2) is 9.59 Å². The molecule has 0 aliphatic rings. The van der Waals surface area contributed by atoms with E-state index in [1.807, 2.05) is 0 Å². The van der Waals surface area contributed by atoms with Crippen molar-refractivity contribution in [1.29, 1.82) is 0 Å². The van der Waals surface area contributed by atoms with Gasteiger partial charge in [0.25, 0.3) is 0 Å². The Balaban J connectivity index is 3.57. The van der Waals surface area contributed by atoms with Crippen molar-refractivity contribution in [2.24, 2.45) is 0 Å². The van der Waals surface area contributed by atoms with Crippen LogP contribution in [0.25, 0.3) is 0 Å². The van der Waals surface area contributed by atoms with E-state index in [9.17, 15) is 14.4 Å². The first-order valence-electron chi connectivity index (χ1n) is 2.43. The molecule has 6 nitrogen and oxygen atoms in total. The van der Waals surface area contributed by atoms with Crippen LogP contribution < -0.4 is 16.0 Å². The van der Waals surface area contributed by atoms with Gasteiger partial charge in [0.1, 0.15) is 0 Å². The quantitative estimate of drug-likeness (QED) is 0.404. The normalized spacial score (nSPS) is 7.70. The van der Waals surface area contributed by atoms with E-state index in [1.54, 1.807) is 10.6 Å². The summed E-state index contributed by atoms with van der Waals surface area (Å²) in [5, 5.41) is 5.65. The lowest BCUT2D eigenvalue weighted by Gasteiger charge is -1.98. The lowest BCUT2D eigenvalue weighted by molar-refractivity contribution is -0.108. The smallest absolute Gasteiger partial charge is 0.329 e. The molecule has 0 aromatic heterocycles. The second-order valence-electron chi connectivity index (χ2n) is 1.30. The van der Waals surface area contributed by atoms with E-state index in [1.165, 1.54) is 7.05 Å². The van der Waals surface area contributed by atoms with Crippen molar-refractivity contribution in [3.8, 4) is 0 Å². The first kappa shape index (κ1) is 8.41. The van der Waals surface area contributed by atoms with Crippen molar-refractivity contribution >= 4 is 18.5 Å². The summed E-state index contributed by atoms with van der Waals surface area (Å²) in [5.74, 6) is 0. The molecule has 0 rings (SSSR count). The first-order valence-corrected chi connectivity index (χ1v) is 2.43. The number of hydrogen-bond donors (Lipinski definition) is 3. The van der Waals surface area contributed by atoms with E-state index in [4.69, 9.17) is 0 Å². The Hall–Kier alpha value is -1.59. The van der Waals surface area contributed by atoms with Gasteiger partial charge >= 0.3 is 12.1 Å². The van der Waals surface area contributed by atoms with Gasteiger partial charge in [0.2, 0.25) is 6.41 Å². The summed E-state index contributed by atoms with van der Waals surface area (Å²) in [4.78, 5) is 30.2. The molecule has 10 heavy (non-hydrogen) atoms. The highest BCUT2D eigenvalue weighted by Crippen LogP contribution is 1.61. The standard InChI is InChI=1S/C4H7N3O3/c1-5-3(9)7-4(10)6-2-8/h2H,1H3,(H3,5,6,7,8,9,10). The summed E-state index contributed by atoms with van der Waals surface area (Å²) in [6.45, 7) is 0. The highest BCUT2D eigenvalue weighted by atomic mass is 16.2. The van der Waals surface area contributed by atoms with Gasteiger partial charge in [-0.05, 0) is 0 Å². The maximum atomic E-state index is 10.3. The molecule has 3 N–H and O–H groups in total. The molecule has 0 atom stereocenters. The minimum absolute atomic E-state index is 0.179. The van der Waals surface area contributed by atoms with Gasteiger partial charge < -0.3 is 5.32 Å². The number of urea groups is 2. The van der Waals surface area contributed by atoms with Gasteiger partial charge in [0.05, 0.1) is 0 Å². The molecule has 5 amide bonds. The van der Waals surface area contributed by atoms with Crippen LogP contribution in [0.1, 0.15) is 0 Å². The van der Waals surface area contributed by atoms with E-state index in [-0.39, 0.29) is 6.41 Å². The monoisotopic (exact) mass is 145 g/mol. The molecule has 6 heteroatoms. The van der Waals surface area contributed by atoms with Crippen molar-refractivity contribution < 1.29 is 14.4 Å². The van der Waals surface area contributed by atoms with E-state index in [0.717, 1.165) is 0 Å². The van der Waals surface area contributed by atoms with Gasteiger partial charge in [0.15, 0.2) is 0 Å². The second kappa shape index (κ2) is 4.30. The van der Waals surface area contributed by atoms with Crippen LogP contribution in [0.3, 0.4) is 0 Å². The lowest BCUT2D eigenvalue weighted by atomic mass is 10.8. The zero-order valence-electron chi connectivity index (χ0n) is 5.30. The average Bonchev–Trinajstić information content (AvgIpc) is 1.88. The number of carbonyl (C=O) groups is 3. The van der Waals surface area contributed by atoms with Gasteiger partial charge in [-0.2, -0.15) is 0 Å². The van der Waals surface area contributed by atoms with Crippen LogP contribution in [-0.2, 0) is 4.79 Å². The van der Waals surface area contributed by atoms with E-state index in [0.29, 0.717) is 0 Å². The summed E-state index contributed by atoms with van der Waals surface area (Å²) in [6.07, 6.45) is 0.179. The minimum atomic E-state index is -0.852. The molecule has 0 radical (unpaired) electrons. The maximum absolute atomic E-state index is 10.3. The summed E-state index contributed by atoms with van der Waals surface area (Å²) < 4.78 is 0. The molecule has 0 aromatic carbocycles. The highest BCUT2D eigenvalue weighted by molar-refractivity contribution is 5.97. The summed E-state index contributed by atoms with van der Waals surface area (Å²) in [6, 6.07) is -1.52. The summed E-state index contributed by atoms with van der Waals surface area (Å²) >= 11 is 0. The number of nitrogens with one attached hydrogen (secondary N) is 3. The molecule has 0 saturated heterocycles. The molecule has 0 aliphatic carbocycles. The van der Waals surface area contributed by atoms with Gasteiger partial charge in [-0.15, -0.1) is 0 Å². The molecule has 0 aliphatic heterocycles. The van der Waals surface area contributed by atoms with Crippen molar-refractivity contribution in [3.05, 3.63) is 0 Å². The largest absolute Gasteiger partial charge is 0.341 e. The molecule has 0 heterocycles. The molecule has 56 valence electrons. The van der Waals surface area contributed by atoms with Crippen molar-refractivity contribution in [2.75, 3.05) is 7.05 Å². The Morgan fingerprint density at radius 2 is 1.90 bits per heavy atom. The first-order chi connectivity index (χ1) is 4.70. The van der Waals surface area contributed by atoms with Crippen molar-refractivity contribution in [3.63, 3.8) is 0 Å². The third-order valence-corrected chi connectivity index (χ3v) is 0.644. The number of rotatable bonds is 1. The lowest BCUT2D eigenvalue weighted by Crippen LogP contribution is -2.43. The number of amides is 5. The van der Waals surface area contributed by atoms with Crippen molar-refractivity contribution in [2.45, 2.75) is 0 Å². The fourth-order valence-electron chi connectivity index (χ4n) is 0.255. The fraction of sp³-hybridized carbons (Fsp3) is 0.250. The summed E-state index contributed by atoms with van der Waals surface area (Å²) in [5.41, 5.74) is 0. The molecular weight excluding hydrogens is 138 g/mol. The number of hydrogen-bond acceptors (Lipinski definition) is 3. The predicted octanol–water partition coefficient (Wildman–Crippen LogP) is -1.22. The average molecular weight is 145 g/mol. The number of carbonyl (C=O) groups excluding carboxylic acids is 3. The van der Waals surface area contributed by atoms with Crippen LogP contribution in [0.4, 0.5) is 9.59 Å². The van der Waals surface area contributed by atoms with Crippen LogP contribution in [-0.4, -0.2) is 25.5 Å². The Labute approximate surface area is 57.0 Å². The Kier molecular flexibility index (Phi) is 3.62. The van der Waals surface area contributed by atoms with E-state index in [2.05, 4.69) is 5.32 Å². The molecule has 0 spiro atoms. The van der Waals surface area contributed by atoms with Gasteiger partial charge in [-0.1, -0.05) is 0 Å². The van der Waals surface area contributed by atoms with Crippen LogP contribution in [0.2, 0.25) is 0 Å². The third kappa shape index (κ3) is 3.42. The zero-order valence-corrected chi connectivity index (χ0v) is 5.30. The molecule has 0 unspecified atom stereocenters. The van der Waals surface area contributed by atoms with E-state index >= 15 is 0 Å². The molecule has 0 saturated carbocycles. The zero-order chi connectivity index (χ0) is 7.98. The SMILES string of the molecule is CNC(=O)NC(=O)NC=O. The minimum Gasteiger partial charge on any atom is -0.341 e. The highest BCUT2D eigenvalue weighted by Gasteiger charge is 2.01. The Morgan fingerprint density at radius 1 is 1.30 bits per heavy atom. The van der Waals surface area contributed by atoms with Crippen LogP contribution in [0.15, 0.2) is 0 Å². The summed E-state index contributed by atoms with van der Waals surface area (Å²) in [7, 11) is 1.35. The molecular formula is C4H7N3O3. The van der Waals surface area contributed by atoms with Crippen LogP contribution >= 0.6 is 0 Å². The van der Waals surface area contributed by atoms with E-state index < -0.39 is 12.1 Å². The third-order valence-electron chi connectivity index (χ3n) is 0.644. The number of imide groups is 2. The predicted molar refractivity (Wildman–Crippen MR) is 32.2 cm³/mol. The molecule has 0 aromatic rings. The van der Waals surface area contributed by atoms with Crippen LogP contribution in [0.5, 0.6) is 0 Å². The molecule has 0 fully saturated rings. The van der Waals surface area contributed by atoms with Gasteiger partial charge in [-0.3, -0.25) is 15.4 Å². The second-order valence-corrected chi connectivity index (χ2v) is 1.30. The maximum Gasteiger partial charge on any atom is 0.329 e. The Bertz CT molecular complexity index is 156. The topological polar surface area (TPSA) is 87.3 Å². The molecule has 0 bridgehead atoms. The van der Waals surface area contributed by atoms with Gasteiger partial charge in [0, 0.05) is 7.05 Å². The van der Waals surface area contributed by atoms with Crippen molar-refractivity contribution in [1.82, 2.24) is 16.0 Å². The fourth-order valence-corrected chi connectivity index (χ4v) is 0.255.